The molecule has 0 saturated carbocycles. The number of aryl methyl sites for hydroxylation is 1. The summed E-state index contributed by atoms with van der Waals surface area (Å²) in [5.74, 6) is 0.0371. The first-order chi connectivity index (χ1) is 14.0. The first-order valence-corrected chi connectivity index (χ1v) is 10.2. The van der Waals surface area contributed by atoms with Crippen molar-refractivity contribution in [3.63, 3.8) is 0 Å². The van der Waals surface area contributed by atoms with Gasteiger partial charge < -0.3 is 5.11 Å². The second kappa shape index (κ2) is 8.15. The standard InChI is InChI=1S/C23H17ClN2O2S/c1-14-22(29-23(26-14)16-6-9-17(24)10-7-16)21(28)13-25-12-19-18-5-3-2-4-15(18)8-11-20(19)27/h2-12,27H,13H2,1H3. The largest absolute Gasteiger partial charge is 0.507 e. The third-order valence-electron chi connectivity index (χ3n) is 4.54. The van der Waals surface area contributed by atoms with Crippen molar-refractivity contribution in [1.29, 1.82) is 0 Å². The lowest BCUT2D eigenvalue weighted by atomic mass is 10.0. The molecular formula is C23H17ClN2O2S. The Hall–Kier alpha value is -3.02. The molecule has 144 valence electrons. The van der Waals surface area contributed by atoms with Gasteiger partial charge in [-0.15, -0.1) is 11.3 Å². The number of aliphatic imine (C=N–C) groups is 1. The number of thiazole rings is 1. The fraction of sp³-hybridized carbons (Fsp3) is 0.0870. The van der Waals surface area contributed by atoms with Crippen LogP contribution in [0.2, 0.25) is 5.02 Å². The van der Waals surface area contributed by atoms with Crippen molar-refractivity contribution in [1.82, 2.24) is 4.98 Å². The summed E-state index contributed by atoms with van der Waals surface area (Å²) in [5.41, 5.74) is 2.22. The van der Waals surface area contributed by atoms with Crippen molar-refractivity contribution < 1.29 is 9.90 Å². The van der Waals surface area contributed by atoms with Crippen molar-refractivity contribution in [2.75, 3.05) is 6.54 Å². The van der Waals surface area contributed by atoms with Crippen molar-refractivity contribution >= 4 is 45.7 Å². The van der Waals surface area contributed by atoms with E-state index < -0.39 is 0 Å². The van der Waals surface area contributed by atoms with E-state index in [0.29, 0.717) is 21.2 Å². The van der Waals surface area contributed by atoms with Crippen LogP contribution in [0.5, 0.6) is 5.75 Å². The maximum absolute atomic E-state index is 12.7. The number of nitrogens with zero attached hydrogens (tertiary/aromatic N) is 2. The van der Waals surface area contributed by atoms with Crippen molar-refractivity contribution in [2.24, 2.45) is 4.99 Å². The summed E-state index contributed by atoms with van der Waals surface area (Å²) in [6, 6.07) is 18.6. The summed E-state index contributed by atoms with van der Waals surface area (Å²) < 4.78 is 0. The Bertz CT molecular complexity index is 1230. The molecule has 0 aliphatic heterocycles. The molecule has 4 aromatic rings. The van der Waals surface area contributed by atoms with E-state index in [1.165, 1.54) is 11.3 Å². The lowest BCUT2D eigenvalue weighted by Gasteiger charge is -2.04. The zero-order chi connectivity index (χ0) is 20.4. The van der Waals surface area contributed by atoms with E-state index in [2.05, 4.69) is 9.98 Å². The average Bonchev–Trinajstić information content (AvgIpc) is 3.12. The van der Waals surface area contributed by atoms with E-state index in [-0.39, 0.29) is 18.1 Å². The lowest BCUT2D eigenvalue weighted by Crippen LogP contribution is -2.03. The van der Waals surface area contributed by atoms with Gasteiger partial charge in [-0.25, -0.2) is 4.98 Å². The van der Waals surface area contributed by atoms with Crippen molar-refractivity contribution in [3.05, 3.63) is 81.8 Å². The molecule has 0 aliphatic rings. The highest BCUT2D eigenvalue weighted by Crippen LogP contribution is 2.29. The van der Waals surface area contributed by atoms with Gasteiger partial charge in [-0.1, -0.05) is 54.1 Å². The zero-order valence-electron chi connectivity index (χ0n) is 15.6. The van der Waals surface area contributed by atoms with Gasteiger partial charge in [-0.3, -0.25) is 9.79 Å². The Kier molecular flexibility index (Phi) is 5.43. The molecule has 6 heteroatoms. The number of ketones is 1. The lowest BCUT2D eigenvalue weighted by molar-refractivity contribution is 0.100. The van der Waals surface area contributed by atoms with Crippen LogP contribution in [0.25, 0.3) is 21.3 Å². The van der Waals surface area contributed by atoms with Gasteiger partial charge >= 0.3 is 0 Å². The molecule has 0 saturated heterocycles. The molecule has 4 rings (SSSR count). The summed E-state index contributed by atoms with van der Waals surface area (Å²) >= 11 is 7.29. The van der Waals surface area contributed by atoms with Crippen LogP contribution in [-0.4, -0.2) is 28.6 Å². The summed E-state index contributed by atoms with van der Waals surface area (Å²) in [7, 11) is 0. The van der Waals surface area contributed by atoms with E-state index in [9.17, 15) is 9.90 Å². The molecule has 1 aromatic heterocycles. The summed E-state index contributed by atoms with van der Waals surface area (Å²) in [4.78, 5) is 22.1. The molecule has 0 amide bonds. The molecule has 3 aromatic carbocycles. The fourth-order valence-electron chi connectivity index (χ4n) is 3.08. The summed E-state index contributed by atoms with van der Waals surface area (Å²) in [6.07, 6.45) is 1.56. The maximum atomic E-state index is 12.7. The van der Waals surface area contributed by atoms with Gasteiger partial charge in [0.15, 0.2) is 5.78 Å². The van der Waals surface area contributed by atoms with Crippen LogP contribution >= 0.6 is 22.9 Å². The van der Waals surface area contributed by atoms with Gasteiger partial charge in [0, 0.05) is 22.4 Å². The molecule has 29 heavy (non-hydrogen) atoms. The summed E-state index contributed by atoms with van der Waals surface area (Å²) in [6.45, 7) is 1.81. The third-order valence-corrected chi connectivity index (χ3v) is 6.04. The number of halogens is 1. The Morgan fingerprint density at radius 1 is 1.14 bits per heavy atom. The predicted octanol–water partition coefficient (Wildman–Crippen LogP) is 5.93. The third kappa shape index (κ3) is 4.06. The van der Waals surface area contributed by atoms with Crippen LogP contribution in [0.3, 0.4) is 0 Å². The molecule has 0 unspecified atom stereocenters. The normalized spacial score (nSPS) is 11.4. The second-order valence-corrected chi connectivity index (χ2v) is 7.99. The highest BCUT2D eigenvalue weighted by molar-refractivity contribution is 7.17. The number of rotatable bonds is 5. The van der Waals surface area contributed by atoms with E-state index in [0.717, 1.165) is 21.3 Å². The molecular weight excluding hydrogens is 404 g/mol. The molecule has 0 spiro atoms. The van der Waals surface area contributed by atoms with Gasteiger partial charge in [0.05, 0.1) is 10.6 Å². The number of carbonyl (C=O) groups is 1. The fourth-order valence-corrected chi connectivity index (χ4v) is 4.21. The first-order valence-electron chi connectivity index (χ1n) is 9.00. The van der Waals surface area contributed by atoms with Crippen LogP contribution in [0, 0.1) is 6.92 Å². The first kappa shape index (κ1) is 19.3. The molecule has 0 fully saturated rings. The zero-order valence-corrected chi connectivity index (χ0v) is 17.2. The Balaban J connectivity index is 1.55. The highest BCUT2D eigenvalue weighted by Gasteiger charge is 2.16. The maximum Gasteiger partial charge on any atom is 0.196 e. The Labute approximate surface area is 177 Å². The summed E-state index contributed by atoms with van der Waals surface area (Å²) in [5, 5.41) is 13.5. The minimum atomic E-state index is -0.101. The number of aromatic nitrogens is 1. The molecule has 0 radical (unpaired) electrons. The number of carbonyl (C=O) groups excluding carboxylic acids is 1. The Morgan fingerprint density at radius 3 is 2.69 bits per heavy atom. The minimum Gasteiger partial charge on any atom is -0.507 e. The second-order valence-electron chi connectivity index (χ2n) is 6.55. The van der Waals surface area contributed by atoms with E-state index in [1.807, 2.05) is 49.4 Å². The van der Waals surface area contributed by atoms with E-state index in [4.69, 9.17) is 11.6 Å². The van der Waals surface area contributed by atoms with Crippen molar-refractivity contribution in [2.45, 2.75) is 6.92 Å². The number of aromatic hydroxyl groups is 1. The van der Waals surface area contributed by atoms with Gasteiger partial charge in [-0.05, 0) is 35.9 Å². The van der Waals surface area contributed by atoms with E-state index >= 15 is 0 Å². The van der Waals surface area contributed by atoms with Gasteiger partial charge in [0.1, 0.15) is 17.3 Å². The van der Waals surface area contributed by atoms with Crippen molar-refractivity contribution in [3.8, 4) is 16.3 Å². The van der Waals surface area contributed by atoms with Crippen LogP contribution in [0.15, 0.2) is 65.7 Å². The smallest absolute Gasteiger partial charge is 0.196 e. The quantitative estimate of drug-likeness (QED) is 0.321. The minimum absolute atomic E-state index is 0.00818. The van der Waals surface area contributed by atoms with Crippen LogP contribution in [-0.2, 0) is 0 Å². The molecule has 1 heterocycles. The number of hydrogen-bond acceptors (Lipinski definition) is 5. The Morgan fingerprint density at radius 2 is 1.90 bits per heavy atom. The van der Waals surface area contributed by atoms with Gasteiger partial charge in [0.2, 0.25) is 0 Å². The van der Waals surface area contributed by atoms with Gasteiger partial charge in [0.25, 0.3) is 0 Å². The predicted molar refractivity (Wildman–Crippen MR) is 120 cm³/mol. The number of phenols is 1. The highest BCUT2D eigenvalue weighted by atomic mass is 35.5. The van der Waals surface area contributed by atoms with Crippen LogP contribution < -0.4 is 0 Å². The topological polar surface area (TPSA) is 62.5 Å². The van der Waals surface area contributed by atoms with E-state index in [1.54, 1.807) is 24.4 Å². The molecule has 0 aliphatic carbocycles. The number of fused-ring (bicyclic) bond motifs is 1. The number of benzene rings is 3. The number of phenolic OH excluding ortho intramolecular Hbond substituents is 1. The van der Waals surface area contributed by atoms with Gasteiger partial charge in [-0.2, -0.15) is 0 Å². The number of Topliss-reactive ketones (excluding diaryl/α,β-unsaturated/α-hetero) is 1. The van der Waals surface area contributed by atoms with Crippen LogP contribution in [0.4, 0.5) is 0 Å². The van der Waals surface area contributed by atoms with Crippen LogP contribution in [0.1, 0.15) is 20.9 Å². The molecule has 4 nitrogen and oxygen atoms in total. The molecule has 0 atom stereocenters. The molecule has 0 bridgehead atoms. The molecule has 1 N–H and O–H groups in total. The average molecular weight is 421 g/mol. The SMILES string of the molecule is Cc1nc(-c2ccc(Cl)cc2)sc1C(=O)CN=Cc1c(O)ccc2ccccc12. The number of hydrogen-bond donors (Lipinski definition) is 1. The monoisotopic (exact) mass is 420 g/mol.